The number of nitrogens with zero attached hydrogens (tertiary/aromatic N) is 2. The Hall–Kier alpha value is -0.660. The quantitative estimate of drug-likeness (QED) is 0.659. The summed E-state index contributed by atoms with van der Waals surface area (Å²) in [6, 6.07) is 0.0434. The summed E-state index contributed by atoms with van der Waals surface area (Å²) in [5, 5.41) is 0. The summed E-state index contributed by atoms with van der Waals surface area (Å²) < 4.78 is 30.3. The lowest BCUT2D eigenvalue weighted by Gasteiger charge is -2.35. The Balaban J connectivity index is 2.49. The summed E-state index contributed by atoms with van der Waals surface area (Å²) in [6.45, 7) is 1.79. The van der Waals surface area contributed by atoms with E-state index in [-0.39, 0.29) is 24.2 Å². The molecule has 0 N–H and O–H groups in total. The molecule has 1 atom stereocenters. The summed E-state index contributed by atoms with van der Waals surface area (Å²) in [6.07, 6.45) is 2.37. The number of carbonyl (C=O) groups excluding carboxylic acids is 1. The van der Waals surface area contributed by atoms with Crippen LogP contribution in [0.4, 0.5) is 0 Å². The lowest BCUT2D eigenvalue weighted by molar-refractivity contribution is -0.140. The molecule has 7 heteroatoms. The molecule has 0 saturated carbocycles. The van der Waals surface area contributed by atoms with Gasteiger partial charge in [0, 0.05) is 26.1 Å². The van der Waals surface area contributed by atoms with Crippen LogP contribution in [0, 0.1) is 0 Å². The Labute approximate surface area is 115 Å². The van der Waals surface area contributed by atoms with Gasteiger partial charge in [0.15, 0.2) is 0 Å². The highest BCUT2D eigenvalue weighted by Crippen LogP contribution is 2.17. The van der Waals surface area contributed by atoms with Crippen molar-refractivity contribution in [3.05, 3.63) is 0 Å². The molecule has 1 unspecified atom stereocenters. The zero-order valence-corrected chi connectivity index (χ0v) is 12.8. The maximum absolute atomic E-state index is 12.2. The Morgan fingerprint density at radius 3 is 2.74 bits per heavy atom. The van der Waals surface area contributed by atoms with Gasteiger partial charge in [-0.25, -0.2) is 12.7 Å². The SMILES string of the molecule is COC(=O)CCCS(=O)(=O)N(C)C1CCCN(C)C1. The van der Waals surface area contributed by atoms with E-state index in [9.17, 15) is 13.2 Å². The van der Waals surface area contributed by atoms with Crippen LogP contribution in [0.5, 0.6) is 0 Å². The lowest BCUT2D eigenvalue weighted by Crippen LogP contribution is -2.47. The van der Waals surface area contributed by atoms with Crippen LogP contribution in [-0.4, -0.2) is 69.7 Å². The van der Waals surface area contributed by atoms with Crippen molar-refractivity contribution in [2.45, 2.75) is 31.7 Å². The molecular weight excluding hydrogens is 268 g/mol. The molecule has 0 radical (unpaired) electrons. The highest BCUT2D eigenvalue weighted by molar-refractivity contribution is 7.89. The molecule has 1 saturated heterocycles. The van der Waals surface area contributed by atoms with Crippen LogP contribution in [0.25, 0.3) is 0 Å². The van der Waals surface area contributed by atoms with E-state index in [0.717, 1.165) is 25.9 Å². The number of ether oxygens (including phenoxy) is 1. The van der Waals surface area contributed by atoms with Crippen LogP contribution in [0.15, 0.2) is 0 Å². The molecule has 112 valence electrons. The Bertz CT molecular complexity index is 397. The van der Waals surface area contributed by atoms with Gasteiger partial charge in [0.25, 0.3) is 0 Å². The van der Waals surface area contributed by atoms with Gasteiger partial charge in [0.2, 0.25) is 10.0 Å². The average molecular weight is 292 g/mol. The number of likely N-dealkylation sites (N-methyl/N-ethyl adjacent to an activating group) is 2. The minimum absolute atomic E-state index is 0.00118. The molecule has 1 rings (SSSR count). The third-order valence-corrected chi connectivity index (χ3v) is 5.54. The van der Waals surface area contributed by atoms with Gasteiger partial charge in [-0.05, 0) is 32.9 Å². The smallest absolute Gasteiger partial charge is 0.305 e. The fraction of sp³-hybridized carbons (Fsp3) is 0.917. The van der Waals surface area contributed by atoms with E-state index in [4.69, 9.17) is 0 Å². The zero-order valence-electron chi connectivity index (χ0n) is 12.0. The Kier molecular flexibility index (Phi) is 6.22. The molecule has 1 aliphatic rings. The molecule has 0 bridgehead atoms. The van der Waals surface area contributed by atoms with Gasteiger partial charge in [-0.3, -0.25) is 4.79 Å². The van der Waals surface area contributed by atoms with Crippen molar-refractivity contribution in [1.29, 1.82) is 0 Å². The Morgan fingerprint density at radius 1 is 1.47 bits per heavy atom. The van der Waals surface area contributed by atoms with Crippen molar-refractivity contribution in [2.75, 3.05) is 40.0 Å². The van der Waals surface area contributed by atoms with Gasteiger partial charge in [-0.2, -0.15) is 0 Å². The predicted molar refractivity (Wildman–Crippen MR) is 73.3 cm³/mol. The first-order valence-corrected chi connectivity index (χ1v) is 8.19. The van der Waals surface area contributed by atoms with Crippen LogP contribution in [-0.2, 0) is 19.6 Å². The maximum atomic E-state index is 12.2. The predicted octanol–water partition coefficient (Wildman–Crippen LogP) is 0.295. The van der Waals surface area contributed by atoms with Gasteiger partial charge in [-0.15, -0.1) is 0 Å². The molecule has 0 spiro atoms. The number of likely N-dealkylation sites (tertiary alicyclic amines) is 1. The average Bonchev–Trinajstić information content (AvgIpc) is 2.37. The first-order valence-electron chi connectivity index (χ1n) is 6.58. The highest BCUT2D eigenvalue weighted by Gasteiger charge is 2.28. The third kappa shape index (κ3) is 5.08. The third-order valence-electron chi connectivity index (χ3n) is 3.56. The van der Waals surface area contributed by atoms with E-state index in [1.165, 1.54) is 11.4 Å². The topological polar surface area (TPSA) is 66.9 Å². The largest absolute Gasteiger partial charge is 0.469 e. The zero-order chi connectivity index (χ0) is 14.5. The number of esters is 1. The van der Waals surface area contributed by atoms with Crippen LogP contribution in [0.1, 0.15) is 25.7 Å². The van der Waals surface area contributed by atoms with E-state index in [1.807, 2.05) is 7.05 Å². The second-order valence-electron chi connectivity index (χ2n) is 5.07. The monoisotopic (exact) mass is 292 g/mol. The first-order chi connectivity index (χ1) is 8.86. The fourth-order valence-corrected chi connectivity index (χ4v) is 3.73. The molecule has 1 heterocycles. The highest BCUT2D eigenvalue weighted by atomic mass is 32.2. The molecule has 0 aromatic rings. The van der Waals surface area contributed by atoms with E-state index in [2.05, 4.69) is 9.64 Å². The Morgan fingerprint density at radius 2 is 2.16 bits per heavy atom. The molecule has 0 aromatic carbocycles. The summed E-state index contributed by atoms with van der Waals surface area (Å²) >= 11 is 0. The number of piperidine rings is 1. The normalized spacial score (nSPS) is 21.6. The summed E-state index contributed by atoms with van der Waals surface area (Å²) in [7, 11) is 1.66. The van der Waals surface area contributed by atoms with Crippen molar-refractivity contribution in [1.82, 2.24) is 9.21 Å². The molecule has 1 fully saturated rings. The minimum Gasteiger partial charge on any atom is -0.469 e. The maximum Gasteiger partial charge on any atom is 0.305 e. The lowest BCUT2D eigenvalue weighted by atomic mass is 10.1. The number of sulfonamides is 1. The van der Waals surface area contributed by atoms with Gasteiger partial charge < -0.3 is 9.64 Å². The summed E-state index contributed by atoms with van der Waals surface area (Å²) in [5.41, 5.74) is 0. The number of hydrogen-bond acceptors (Lipinski definition) is 5. The first kappa shape index (κ1) is 16.4. The van der Waals surface area contributed by atoms with E-state index in [0.29, 0.717) is 6.42 Å². The van der Waals surface area contributed by atoms with Gasteiger partial charge in [0.05, 0.1) is 12.9 Å². The summed E-state index contributed by atoms with van der Waals surface area (Å²) in [4.78, 5) is 13.1. The van der Waals surface area contributed by atoms with Crippen LogP contribution in [0.2, 0.25) is 0 Å². The van der Waals surface area contributed by atoms with Crippen LogP contribution < -0.4 is 0 Å². The molecular formula is C12H24N2O4S. The van der Waals surface area contributed by atoms with Crippen molar-refractivity contribution < 1.29 is 17.9 Å². The molecule has 19 heavy (non-hydrogen) atoms. The second-order valence-corrected chi connectivity index (χ2v) is 7.22. The molecule has 0 aliphatic carbocycles. The van der Waals surface area contributed by atoms with Gasteiger partial charge in [0.1, 0.15) is 0 Å². The second kappa shape index (κ2) is 7.21. The van der Waals surface area contributed by atoms with Crippen molar-refractivity contribution >= 4 is 16.0 Å². The van der Waals surface area contributed by atoms with Crippen molar-refractivity contribution in [3.8, 4) is 0 Å². The molecule has 0 aromatic heterocycles. The molecule has 6 nitrogen and oxygen atoms in total. The fourth-order valence-electron chi connectivity index (χ4n) is 2.31. The molecule has 1 aliphatic heterocycles. The number of hydrogen-bond donors (Lipinski definition) is 0. The van der Waals surface area contributed by atoms with Crippen molar-refractivity contribution in [3.63, 3.8) is 0 Å². The van der Waals surface area contributed by atoms with Gasteiger partial charge in [-0.1, -0.05) is 0 Å². The number of methoxy groups -OCH3 is 1. The van der Waals surface area contributed by atoms with Crippen LogP contribution in [0.3, 0.4) is 0 Å². The van der Waals surface area contributed by atoms with Gasteiger partial charge >= 0.3 is 5.97 Å². The van der Waals surface area contributed by atoms with E-state index < -0.39 is 10.0 Å². The molecule has 0 amide bonds. The standard InChI is InChI=1S/C12H24N2O4S/c1-13-8-4-6-11(10-13)14(2)19(16,17)9-5-7-12(15)18-3/h11H,4-10H2,1-3H3. The number of rotatable bonds is 6. The van der Waals surface area contributed by atoms with E-state index >= 15 is 0 Å². The van der Waals surface area contributed by atoms with Crippen molar-refractivity contribution in [2.24, 2.45) is 0 Å². The van der Waals surface area contributed by atoms with E-state index in [1.54, 1.807) is 7.05 Å². The van der Waals surface area contributed by atoms with Crippen LogP contribution >= 0.6 is 0 Å². The summed E-state index contributed by atoms with van der Waals surface area (Å²) in [5.74, 6) is -0.367. The minimum atomic E-state index is -3.29. The number of carbonyl (C=O) groups is 1.